The van der Waals surface area contributed by atoms with Gasteiger partial charge in [0.25, 0.3) is 0 Å². The highest BCUT2D eigenvalue weighted by molar-refractivity contribution is 5.65. The highest BCUT2D eigenvalue weighted by Gasteiger charge is 2.26. The summed E-state index contributed by atoms with van der Waals surface area (Å²) in [5, 5.41) is 0. The van der Waals surface area contributed by atoms with Gasteiger partial charge in [-0.3, -0.25) is 0 Å². The summed E-state index contributed by atoms with van der Waals surface area (Å²) >= 11 is 0. The third-order valence-corrected chi connectivity index (χ3v) is 8.55. The van der Waals surface area contributed by atoms with Gasteiger partial charge in [-0.15, -0.1) is 0 Å². The molecule has 32 heavy (non-hydrogen) atoms. The summed E-state index contributed by atoms with van der Waals surface area (Å²) in [6, 6.07) is 15.0. The van der Waals surface area contributed by atoms with Crippen molar-refractivity contribution in [3.63, 3.8) is 0 Å². The fourth-order valence-corrected chi connectivity index (χ4v) is 6.36. The molecular weight excluding hydrogens is 393 g/mol. The lowest BCUT2D eigenvalue weighted by molar-refractivity contribution is 0.277. The van der Waals surface area contributed by atoms with Gasteiger partial charge < -0.3 is 5.73 Å². The highest BCUT2D eigenvalue weighted by atomic mass is 19.1. The molecular formula is C30H42FN. The van der Waals surface area contributed by atoms with E-state index in [1.807, 2.05) is 12.1 Å². The number of hydrogen-bond acceptors (Lipinski definition) is 1. The van der Waals surface area contributed by atoms with Crippen molar-refractivity contribution in [1.29, 1.82) is 0 Å². The third kappa shape index (κ3) is 5.45. The van der Waals surface area contributed by atoms with Crippen molar-refractivity contribution >= 4 is 0 Å². The van der Waals surface area contributed by atoms with Crippen molar-refractivity contribution in [2.45, 2.75) is 102 Å². The second-order valence-electron chi connectivity index (χ2n) is 10.6. The first-order chi connectivity index (χ1) is 15.6. The van der Waals surface area contributed by atoms with Crippen LogP contribution in [0.15, 0.2) is 42.5 Å². The standard InChI is InChI=1S/C30H42FN/c1-3-5-21-6-8-24(9-7-21)27-18-19-28(29(31)20-27)25-14-10-22(11-15-25)23-12-16-26(17-13-23)30(32)4-2/h10-11,14-15,18-21,23-24,26,30H,3-9,12-13,16-17,32H2,1-2H3. The van der Waals surface area contributed by atoms with Gasteiger partial charge in [-0.2, -0.15) is 0 Å². The lowest BCUT2D eigenvalue weighted by Gasteiger charge is -2.32. The quantitative estimate of drug-likeness (QED) is 0.463. The Balaban J connectivity index is 1.38. The molecule has 0 saturated heterocycles. The Morgan fingerprint density at radius 1 is 0.812 bits per heavy atom. The molecule has 4 rings (SSSR count). The summed E-state index contributed by atoms with van der Waals surface area (Å²) in [5.41, 5.74) is 10.6. The molecule has 174 valence electrons. The van der Waals surface area contributed by atoms with Crippen LogP contribution in [0.4, 0.5) is 4.39 Å². The molecule has 0 amide bonds. The lowest BCUT2D eigenvalue weighted by Crippen LogP contribution is -2.32. The maximum atomic E-state index is 15.1. The van der Waals surface area contributed by atoms with E-state index in [2.05, 4.69) is 44.2 Å². The summed E-state index contributed by atoms with van der Waals surface area (Å²) in [7, 11) is 0. The SMILES string of the molecule is CCCC1CCC(c2ccc(-c3ccc(C4CCC(C(N)CC)CC4)cc3)c(F)c2)CC1. The molecule has 0 spiro atoms. The molecule has 2 fully saturated rings. The Labute approximate surface area is 195 Å². The predicted molar refractivity (Wildman–Crippen MR) is 134 cm³/mol. The molecule has 2 aliphatic rings. The Morgan fingerprint density at radius 2 is 1.41 bits per heavy atom. The van der Waals surface area contributed by atoms with Crippen LogP contribution in [0.2, 0.25) is 0 Å². The van der Waals surface area contributed by atoms with Crippen molar-refractivity contribution < 1.29 is 4.39 Å². The van der Waals surface area contributed by atoms with Crippen LogP contribution in [-0.4, -0.2) is 6.04 Å². The Hall–Kier alpha value is -1.67. The van der Waals surface area contributed by atoms with Crippen LogP contribution < -0.4 is 5.73 Å². The minimum Gasteiger partial charge on any atom is -0.327 e. The van der Waals surface area contributed by atoms with Gasteiger partial charge >= 0.3 is 0 Å². The molecule has 2 aliphatic carbocycles. The van der Waals surface area contributed by atoms with E-state index in [4.69, 9.17) is 5.73 Å². The van der Waals surface area contributed by atoms with Crippen LogP contribution in [0, 0.1) is 17.7 Å². The summed E-state index contributed by atoms with van der Waals surface area (Å²) in [6.07, 6.45) is 13.7. The van der Waals surface area contributed by atoms with Crippen LogP contribution in [0.25, 0.3) is 11.1 Å². The van der Waals surface area contributed by atoms with E-state index in [-0.39, 0.29) is 5.82 Å². The lowest BCUT2D eigenvalue weighted by atomic mass is 9.75. The van der Waals surface area contributed by atoms with E-state index in [9.17, 15) is 0 Å². The molecule has 2 N–H and O–H groups in total. The molecule has 0 aromatic heterocycles. The molecule has 1 atom stereocenters. The number of rotatable bonds is 7. The fraction of sp³-hybridized carbons (Fsp3) is 0.600. The first-order valence-electron chi connectivity index (χ1n) is 13.2. The maximum absolute atomic E-state index is 15.1. The number of halogens is 1. The number of hydrogen-bond donors (Lipinski definition) is 1. The molecule has 1 unspecified atom stereocenters. The molecule has 1 nitrogen and oxygen atoms in total. The van der Waals surface area contributed by atoms with Crippen LogP contribution >= 0.6 is 0 Å². The zero-order valence-corrected chi connectivity index (χ0v) is 20.2. The first-order valence-corrected chi connectivity index (χ1v) is 13.2. The minimum atomic E-state index is -0.0695. The van der Waals surface area contributed by atoms with E-state index in [0.29, 0.717) is 23.8 Å². The number of benzene rings is 2. The van der Waals surface area contributed by atoms with Gasteiger partial charge in [0.1, 0.15) is 5.82 Å². The van der Waals surface area contributed by atoms with Gasteiger partial charge in [0.2, 0.25) is 0 Å². The van der Waals surface area contributed by atoms with Crippen LogP contribution in [0.3, 0.4) is 0 Å². The van der Waals surface area contributed by atoms with E-state index in [1.165, 1.54) is 75.3 Å². The molecule has 2 saturated carbocycles. The fourth-order valence-electron chi connectivity index (χ4n) is 6.36. The second-order valence-corrected chi connectivity index (χ2v) is 10.6. The van der Waals surface area contributed by atoms with E-state index >= 15 is 4.39 Å². The van der Waals surface area contributed by atoms with Crippen molar-refractivity contribution in [3.05, 3.63) is 59.4 Å². The summed E-state index contributed by atoms with van der Waals surface area (Å²) in [4.78, 5) is 0. The van der Waals surface area contributed by atoms with Crippen LogP contribution in [0.5, 0.6) is 0 Å². The van der Waals surface area contributed by atoms with E-state index < -0.39 is 0 Å². The van der Waals surface area contributed by atoms with Gasteiger partial charge in [0.15, 0.2) is 0 Å². The molecule has 0 heterocycles. The van der Waals surface area contributed by atoms with Gasteiger partial charge in [-0.05, 0) is 104 Å². The monoisotopic (exact) mass is 435 g/mol. The number of nitrogens with two attached hydrogens (primary N) is 1. The summed E-state index contributed by atoms with van der Waals surface area (Å²) in [5.74, 6) is 2.66. The smallest absolute Gasteiger partial charge is 0.131 e. The minimum absolute atomic E-state index is 0.0695. The summed E-state index contributed by atoms with van der Waals surface area (Å²) in [6.45, 7) is 4.47. The molecule has 0 radical (unpaired) electrons. The zero-order valence-electron chi connectivity index (χ0n) is 20.2. The topological polar surface area (TPSA) is 26.0 Å². The predicted octanol–water partition coefficient (Wildman–Crippen LogP) is 8.58. The third-order valence-electron chi connectivity index (χ3n) is 8.55. The molecule has 2 aromatic rings. The van der Waals surface area contributed by atoms with E-state index in [0.717, 1.165) is 23.5 Å². The normalized spacial score (nSPS) is 27.2. The van der Waals surface area contributed by atoms with Gasteiger partial charge in [-0.1, -0.05) is 63.1 Å². The van der Waals surface area contributed by atoms with Crippen molar-refractivity contribution in [2.24, 2.45) is 17.6 Å². The Morgan fingerprint density at radius 3 is 2.00 bits per heavy atom. The first kappa shape index (κ1) is 23.5. The average Bonchev–Trinajstić information content (AvgIpc) is 2.84. The largest absolute Gasteiger partial charge is 0.327 e. The van der Waals surface area contributed by atoms with E-state index in [1.54, 1.807) is 0 Å². The van der Waals surface area contributed by atoms with Crippen molar-refractivity contribution in [3.8, 4) is 11.1 Å². The molecule has 0 aliphatic heterocycles. The van der Waals surface area contributed by atoms with Crippen LogP contribution in [-0.2, 0) is 0 Å². The highest BCUT2D eigenvalue weighted by Crippen LogP contribution is 2.40. The second kappa shape index (κ2) is 11.0. The molecule has 2 heteroatoms. The van der Waals surface area contributed by atoms with Gasteiger partial charge in [0, 0.05) is 11.6 Å². The zero-order chi connectivity index (χ0) is 22.5. The Bertz CT molecular complexity index is 842. The van der Waals surface area contributed by atoms with Crippen LogP contribution in [0.1, 0.15) is 107 Å². The average molecular weight is 436 g/mol. The molecule has 0 bridgehead atoms. The van der Waals surface area contributed by atoms with Crippen molar-refractivity contribution in [2.75, 3.05) is 0 Å². The van der Waals surface area contributed by atoms with Gasteiger partial charge in [-0.25, -0.2) is 4.39 Å². The summed E-state index contributed by atoms with van der Waals surface area (Å²) < 4.78 is 15.1. The van der Waals surface area contributed by atoms with Gasteiger partial charge in [0.05, 0.1) is 0 Å². The maximum Gasteiger partial charge on any atom is 0.131 e. The molecule has 2 aromatic carbocycles. The Kier molecular flexibility index (Phi) is 8.05. The van der Waals surface area contributed by atoms with Crippen molar-refractivity contribution in [1.82, 2.24) is 0 Å².